The van der Waals surface area contributed by atoms with Crippen molar-refractivity contribution in [3.05, 3.63) is 59.0 Å². The number of benzene rings is 1. The van der Waals surface area contributed by atoms with Crippen LogP contribution in [0, 0.1) is 5.92 Å². The van der Waals surface area contributed by atoms with Crippen LogP contribution in [0.1, 0.15) is 75.4 Å². The number of hydrogen-bond acceptors (Lipinski definition) is 4. The third-order valence-corrected chi connectivity index (χ3v) is 6.00. The van der Waals surface area contributed by atoms with Crippen molar-refractivity contribution in [3.8, 4) is 11.5 Å². The molecule has 4 rings (SSSR count). The Balaban J connectivity index is 1.64. The van der Waals surface area contributed by atoms with Crippen molar-refractivity contribution in [2.24, 2.45) is 5.92 Å². The predicted octanol–water partition coefficient (Wildman–Crippen LogP) is 4.57. The van der Waals surface area contributed by atoms with Crippen LogP contribution in [0.25, 0.3) is 11.5 Å². The fraction of sp³-hybridized carbons (Fsp3) is 0.333. The lowest BCUT2D eigenvalue weighted by molar-refractivity contribution is 0.0696. The van der Waals surface area contributed by atoms with Gasteiger partial charge in [-0.05, 0) is 42.7 Å². The highest BCUT2D eigenvalue weighted by Gasteiger charge is 2.23. The maximum atomic E-state index is 13.2. The lowest BCUT2D eigenvalue weighted by Crippen LogP contribution is -2.17. The molecule has 0 bridgehead atoms. The molecule has 0 atom stereocenters. The lowest BCUT2D eigenvalue weighted by atomic mass is 9.94. The molecule has 2 heterocycles. The molecular weight excluding hydrogens is 424 g/mol. The molecular formula is C24H26N4O5. The highest BCUT2D eigenvalue weighted by atomic mass is 16.4. The Labute approximate surface area is 190 Å². The highest BCUT2D eigenvalue weighted by molar-refractivity contribution is 6.05. The highest BCUT2D eigenvalue weighted by Crippen LogP contribution is 2.28. The average molecular weight is 450 g/mol. The van der Waals surface area contributed by atoms with Crippen LogP contribution in [0.5, 0.6) is 0 Å². The number of H-pyrrole nitrogens is 2. The van der Waals surface area contributed by atoms with Crippen LogP contribution in [0.2, 0.25) is 0 Å². The van der Waals surface area contributed by atoms with E-state index in [1.165, 1.54) is 37.8 Å². The van der Waals surface area contributed by atoms with E-state index in [0.717, 1.165) is 30.3 Å². The number of carbonyl (C=O) groups is 3. The van der Waals surface area contributed by atoms with Gasteiger partial charge in [0.2, 0.25) is 0 Å². The maximum absolute atomic E-state index is 13.2. The maximum Gasteiger partial charge on any atom is 0.335 e. The van der Waals surface area contributed by atoms with Crippen molar-refractivity contribution in [1.29, 1.82) is 0 Å². The summed E-state index contributed by atoms with van der Waals surface area (Å²) in [5, 5.41) is 21.2. The molecule has 2 aromatic heterocycles. The Hall–Kier alpha value is -3.88. The van der Waals surface area contributed by atoms with Crippen molar-refractivity contribution >= 4 is 23.5 Å². The standard InChI is InChI=1S/C24H26N4O5/c29-22(26-17-12-15(23(30)31)11-16(13-17)24(32)33)20-19(10-14-6-3-1-2-4-7-14)27-21(28-20)18-8-5-9-25-18/h5,8-9,11-14,25H,1-4,6-7,10H2,(H,26,29)(H,27,28)(H,30,31)(H,32,33). The fourth-order valence-corrected chi connectivity index (χ4v) is 4.34. The number of nitrogens with one attached hydrogen (secondary N) is 3. The van der Waals surface area contributed by atoms with Crippen molar-refractivity contribution in [2.75, 3.05) is 5.32 Å². The third-order valence-electron chi connectivity index (χ3n) is 6.00. The van der Waals surface area contributed by atoms with Gasteiger partial charge in [0.15, 0.2) is 5.82 Å². The van der Waals surface area contributed by atoms with Gasteiger partial charge in [-0.15, -0.1) is 0 Å². The van der Waals surface area contributed by atoms with E-state index < -0.39 is 17.8 Å². The largest absolute Gasteiger partial charge is 0.478 e. The zero-order chi connectivity index (χ0) is 23.4. The van der Waals surface area contributed by atoms with Gasteiger partial charge in [0.1, 0.15) is 5.69 Å². The van der Waals surface area contributed by atoms with Gasteiger partial charge in [0, 0.05) is 17.6 Å². The quantitative estimate of drug-likeness (QED) is 0.333. The minimum atomic E-state index is -1.28. The van der Waals surface area contributed by atoms with Gasteiger partial charge in [-0.1, -0.05) is 38.5 Å². The van der Waals surface area contributed by atoms with Gasteiger partial charge in [-0.3, -0.25) is 4.79 Å². The first-order valence-corrected chi connectivity index (χ1v) is 11.1. The zero-order valence-corrected chi connectivity index (χ0v) is 18.1. The number of carbonyl (C=O) groups excluding carboxylic acids is 1. The summed E-state index contributed by atoms with van der Waals surface area (Å²) in [5.41, 5.74) is 1.33. The molecule has 1 amide bonds. The molecule has 1 saturated carbocycles. The molecule has 9 nitrogen and oxygen atoms in total. The second kappa shape index (κ2) is 9.72. The molecule has 1 aliphatic carbocycles. The summed E-state index contributed by atoms with van der Waals surface area (Å²) >= 11 is 0. The van der Waals surface area contributed by atoms with Gasteiger partial charge in [-0.25, -0.2) is 14.6 Å². The summed E-state index contributed by atoms with van der Waals surface area (Å²) in [5.74, 6) is -2.09. The number of hydrogen-bond donors (Lipinski definition) is 5. The fourth-order valence-electron chi connectivity index (χ4n) is 4.34. The van der Waals surface area contributed by atoms with Crippen LogP contribution < -0.4 is 5.32 Å². The first-order valence-electron chi connectivity index (χ1n) is 11.1. The van der Waals surface area contributed by atoms with Crippen LogP contribution in [0.4, 0.5) is 5.69 Å². The smallest absolute Gasteiger partial charge is 0.335 e. The molecule has 9 heteroatoms. The number of amides is 1. The summed E-state index contributed by atoms with van der Waals surface area (Å²) < 4.78 is 0. The molecule has 172 valence electrons. The van der Waals surface area contributed by atoms with Crippen LogP contribution in [-0.2, 0) is 6.42 Å². The molecule has 0 aliphatic heterocycles. The van der Waals surface area contributed by atoms with Crippen molar-refractivity contribution in [3.63, 3.8) is 0 Å². The number of aromatic nitrogens is 3. The third kappa shape index (κ3) is 5.31. The molecule has 1 fully saturated rings. The van der Waals surface area contributed by atoms with Crippen LogP contribution in [0.3, 0.4) is 0 Å². The number of anilines is 1. The van der Waals surface area contributed by atoms with E-state index in [2.05, 4.69) is 20.3 Å². The normalized spacial score (nSPS) is 14.5. The van der Waals surface area contributed by atoms with Gasteiger partial charge >= 0.3 is 11.9 Å². The summed E-state index contributed by atoms with van der Waals surface area (Å²) in [6.07, 6.45) is 9.45. The number of carboxylic acid groups (broad SMARTS) is 2. The number of aromatic amines is 2. The van der Waals surface area contributed by atoms with Crippen molar-refractivity contribution < 1.29 is 24.6 Å². The molecule has 0 spiro atoms. The zero-order valence-electron chi connectivity index (χ0n) is 18.1. The number of rotatable bonds is 7. The molecule has 0 unspecified atom stereocenters. The van der Waals surface area contributed by atoms with E-state index in [1.807, 2.05) is 12.1 Å². The Morgan fingerprint density at radius 1 is 1.00 bits per heavy atom. The Morgan fingerprint density at radius 2 is 1.67 bits per heavy atom. The minimum Gasteiger partial charge on any atom is -0.478 e. The molecule has 0 radical (unpaired) electrons. The van der Waals surface area contributed by atoms with Crippen LogP contribution >= 0.6 is 0 Å². The second-order valence-electron chi connectivity index (χ2n) is 8.42. The Kier molecular flexibility index (Phi) is 6.58. The number of nitrogens with zero attached hydrogens (tertiary/aromatic N) is 1. The Morgan fingerprint density at radius 3 is 2.24 bits per heavy atom. The lowest BCUT2D eigenvalue weighted by Gasteiger charge is -2.14. The SMILES string of the molecule is O=C(O)c1cc(NC(=O)c2nc(-c3ccc[nH]3)[nH]c2CC2CCCCCC2)cc(C(=O)O)c1. The van der Waals surface area contributed by atoms with Crippen LogP contribution in [-0.4, -0.2) is 43.0 Å². The average Bonchev–Trinajstić information content (AvgIpc) is 3.39. The number of aromatic carboxylic acids is 2. The predicted molar refractivity (Wildman–Crippen MR) is 122 cm³/mol. The number of carboxylic acids is 2. The summed E-state index contributed by atoms with van der Waals surface area (Å²) in [6.45, 7) is 0. The van der Waals surface area contributed by atoms with Gasteiger partial charge in [0.05, 0.1) is 16.8 Å². The first kappa shape index (κ1) is 22.3. The first-order chi connectivity index (χ1) is 15.9. The topological polar surface area (TPSA) is 148 Å². The van der Waals surface area contributed by atoms with Crippen molar-refractivity contribution in [2.45, 2.75) is 44.9 Å². The van der Waals surface area contributed by atoms with Gasteiger partial charge in [-0.2, -0.15) is 0 Å². The molecule has 1 aromatic carbocycles. The molecule has 33 heavy (non-hydrogen) atoms. The van der Waals surface area contributed by atoms with E-state index in [-0.39, 0.29) is 22.5 Å². The van der Waals surface area contributed by atoms with Gasteiger partial charge in [0.25, 0.3) is 5.91 Å². The molecule has 5 N–H and O–H groups in total. The van der Waals surface area contributed by atoms with E-state index in [1.54, 1.807) is 6.20 Å². The molecule has 3 aromatic rings. The monoisotopic (exact) mass is 450 g/mol. The minimum absolute atomic E-state index is 0.0853. The van der Waals surface area contributed by atoms with Gasteiger partial charge < -0.3 is 25.5 Å². The van der Waals surface area contributed by atoms with Crippen LogP contribution in [0.15, 0.2) is 36.5 Å². The summed E-state index contributed by atoms with van der Waals surface area (Å²) in [4.78, 5) is 46.9. The summed E-state index contributed by atoms with van der Waals surface area (Å²) in [7, 11) is 0. The summed E-state index contributed by atoms with van der Waals surface area (Å²) in [6, 6.07) is 7.21. The second-order valence-corrected chi connectivity index (χ2v) is 8.42. The van der Waals surface area contributed by atoms with E-state index >= 15 is 0 Å². The number of imidazole rings is 1. The Bertz CT molecular complexity index is 1130. The van der Waals surface area contributed by atoms with E-state index in [4.69, 9.17) is 0 Å². The van der Waals surface area contributed by atoms with E-state index in [0.29, 0.717) is 18.2 Å². The molecule has 1 aliphatic rings. The molecule has 0 saturated heterocycles. The van der Waals surface area contributed by atoms with Crippen molar-refractivity contribution in [1.82, 2.24) is 15.0 Å². The van der Waals surface area contributed by atoms with E-state index in [9.17, 15) is 24.6 Å².